The van der Waals surface area contributed by atoms with Crippen LogP contribution in [0.15, 0.2) is 6.33 Å². The maximum Gasteiger partial charge on any atom is 0.203 e. The summed E-state index contributed by atoms with van der Waals surface area (Å²) in [4.78, 5) is 8.00. The summed E-state index contributed by atoms with van der Waals surface area (Å²) in [5.74, 6) is 2.01. The fourth-order valence-electron chi connectivity index (χ4n) is 2.76. The summed E-state index contributed by atoms with van der Waals surface area (Å²) in [5, 5.41) is 13.7. The fourth-order valence-corrected chi connectivity index (χ4v) is 2.76. The van der Waals surface area contributed by atoms with Gasteiger partial charge >= 0.3 is 0 Å². The normalized spacial score (nSPS) is 26.2. The molecule has 1 aromatic rings. The van der Waals surface area contributed by atoms with E-state index in [0.29, 0.717) is 23.9 Å². The van der Waals surface area contributed by atoms with Gasteiger partial charge in [0.1, 0.15) is 6.33 Å². The Morgan fingerprint density at radius 3 is 2.75 bits per heavy atom. The first kappa shape index (κ1) is 14.8. The molecule has 0 amide bonds. The van der Waals surface area contributed by atoms with Crippen LogP contribution in [0, 0.1) is 5.92 Å². The predicted octanol–water partition coefficient (Wildman–Crippen LogP) is 1.81. The SMILES string of the molecule is CCC1CCC(O)(CNc2ncnc(N)c2OC)CC1. The summed E-state index contributed by atoms with van der Waals surface area (Å²) in [6, 6.07) is 0. The fraction of sp³-hybridized carbons (Fsp3) is 0.714. The van der Waals surface area contributed by atoms with Crippen molar-refractivity contribution in [2.24, 2.45) is 5.92 Å². The van der Waals surface area contributed by atoms with Gasteiger partial charge in [-0.2, -0.15) is 0 Å². The van der Waals surface area contributed by atoms with Gasteiger partial charge in [0.15, 0.2) is 11.6 Å². The lowest BCUT2D eigenvalue weighted by Gasteiger charge is -2.36. The van der Waals surface area contributed by atoms with Crippen LogP contribution in [-0.4, -0.2) is 34.3 Å². The third kappa shape index (κ3) is 3.30. The van der Waals surface area contributed by atoms with Crippen LogP contribution in [0.4, 0.5) is 11.6 Å². The molecule has 1 fully saturated rings. The first-order valence-corrected chi connectivity index (χ1v) is 7.18. The van der Waals surface area contributed by atoms with Crippen molar-refractivity contribution in [2.75, 3.05) is 24.7 Å². The van der Waals surface area contributed by atoms with Crippen LogP contribution in [0.1, 0.15) is 39.0 Å². The molecule has 1 saturated carbocycles. The molecule has 6 heteroatoms. The molecule has 1 aliphatic rings. The number of aromatic nitrogens is 2. The van der Waals surface area contributed by atoms with Crippen LogP contribution >= 0.6 is 0 Å². The molecule has 20 heavy (non-hydrogen) atoms. The minimum absolute atomic E-state index is 0.298. The van der Waals surface area contributed by atoms with Gasteiger partial charge in [-0.15, -0.1) is 0 Å². The van der Waals surface area contributed by atoms with E-state index in [1.54, 1.807) is 0 Å². The van der Waals surface area contributed by atoms with Gasteiger partial charge in [0.25, 0.3) is 0 Å². The maximum atomic E-state index is 10.6. The molecule has 1 aromatic heterocycles. The largest absolute Gasteiger partial charge is 0.490 e. The quantitative estimate of drug-likeness (QED) is 0.761. The predicted molar refractivity (Wildman–Crippen MR) is 78.7 cm³/mol. The molecule has 0 radical (unpaired) electrons. The molecule has 0 aliphatic heterocycles. The lowest BCUT2D eigenvalue weighted by molar-refractivity contribution is 0.00220. The van der Waals surface area contributed by atoms with Crippen molar-refractivity contribution in [1.82, 2.24) is 9.97 Å². The van der Waals surface area contributed by atoms with E-state index in [4.69, 9.17) is 10.5 Å². The maximum absolute atomic E-state index is 10.6. The first-order chi connectivity index (χ1) is 9.58. The summed E-state index contributed by atoms with van der Waals surface area (Å²) >= 11 is 0. The van der Waals surface area contributed by atoms with Gasteiger partial charge in [-0.05, 0) is 31.6 Å². The van der Waals surface area contributed by atoms with Crippen LogP contribution in [0.2, 0.25) is 0 Å². The lowest BCUT2D eigenvalue weighted by Crippen LogP contribution is -2.40. The molecule has 0 bridgehead atoms. The zero-order valence-corrected chi connectivity index (χ0v) is 12.2. The van der Waals surface area contributed by atoms with E-state index in [1.807, 2.05) is 0 Å². The van der Waals surface area contributed by atoms with Gasteiger partial charge in [0.05, 0.1) is 12.7 Å². The van der Waals surface area contributed by atoms with Crippen LogP contribution in [0.5, 0.6) is 5.75 Å². The molecule has 0 aromatic carbocycles. The Morgan fingerprint density at radius 1 is 1.45 bits per heavy atom. The van der Waals surface area contributed by atoms with E-state index in [2.05, 4.69) is 22.2 Å². The van der Waals surface area contributed by atoms with Crippen molar-refractivity contribution in [3.05, 3.63) is 6.33 Å². The third-order valence-electron chi connectivity index (χ3n) is 4.23. The molecule has 0 atom stereocenters. The molecular formula is C14H24N4O2. The molecular weight excluding hydrogens is 256 g/mol. The van der Waals surface area contributed by atoms with Crippen molar-refractivity contribution in [3.8, 4) is 5.75 Å². The molecule has 112 valence electrons. The average Bonchev–Trinajstić information content (AvgIpc) is 2.46. The number of methoxy groups -OCH3 is 1. The number of nitrogen functional groups attached to an aromatic ring is 1. The molecule has 1 aliphatic carbocycles. The Morgan fingerprint density at radius 2 is 2.15 bits per heavy atom. The summed E-state index contributed by atoms with van der Waals surface area (Å²) in [5.41, 5.74) is 5.06. The number of nitrogens with zero attached hydrogens (tertiary/aromatic N) is 2. The number of nitrogens with one attached hydrogen (secondary N) is 1. The number of nitrogens with two attached hydrogens (primary N) is 1. The minimum atomic E-state index is -0.670. The Bertz CT molecular complexity index is 445. The van der Waals surface area contributed by atoms with E-state index >= 15 is 0 Å². The highest BCUT2D eigenvalue weighted by Gasteiger charge is 2.32. The Hall–Kier alpha value is -1.56. The van der Waals surface area contributed by atoms with Crippen molar-refractivity contribution >= 4 is 11.6 Å². The smallest absolute Gasteiger partial charge is 0.203 e. The van der Waals surface area contributed by atoms with E-state index in [-0.39, 0.29) is 0 Å². The lowest BCUT2D eigenvalue weighted by atomic mass is 9.78. The molecule has 0 spiro atoms. The van der Waals surface area contributed by atoms with E-state index < -0.39 is 5.60 Å². The zero-order chi connectivity index (χ0) is 14.6. The van der Waals surface area contributed by atoms with Crippen LogP contribution in [0.25, 0.3) is 0 Å². The summed E-state index contributed by atoms with van der Waals surface area (Å²) < 4.78 is 5.19. The Labute approximate surface area is 119 Å². The minimum Gasteiger partial charge on any atom is -0.490 e. The van der Waals surface area contributed by atoms with Gasteiger partial charge in [-0.25, -0.2) is 9.97 Å². The molecule has 4 N–H and O–H groups in total. The number of rotatable bonds is 5. The van der Waals surface area contributed by atoms with Gasteiger partial charge in [-0.1, -0.05) is 13.3 Å². The van der Waals surface area contributed by atoms with Gasteiger partial charge in [-0.3, -0.25) is 0 Å². The summed E-state index contributed by atoms with van der Waals surface area (Å²) in [6.45, 7) is 2.66. The number of hydrogen-bond donors (Lipinski definition) is 3. The van der Waals surface area contributed by atoms with Crippen LogP contribution < -0.4 is 15.8 Å². The van der Waals surface area contributed by atoms with Crippen LogP contribution in [-0.2, 0) is 0 Å². The Kier molecular flexibility index (Phi) is 4.65. The van der Waals surface area contributed by atoms with Crippen molar-refractivity contribution in [3.63, 3.8) is 0 Å². The van der Waals surface area contributed by atoms with Crippen molar-refractivity contribution in [2.45, 2.75) is 44.6 Å². The summed E-state index contributed by atoms with van der Waals surface area (Å²) in [6.07, 6.45) is 6.39. The average molecular weight is 280 g/mol. The van der Waals surface area contributed by atoms with Crippen molar-refractivity contribution < 1.29 is 9.84 Å². The van der Waals surface area contributed by atoms with Gasteiger partial charge in [0.2, 0.25) is 5.75 Å². The Balaban J connectivity index is 1.97. The standard InChI is InChI=1S/C14H24N4O2/c1-3-10-4-6-14(19,7-5-10)8-16-13-11(20-2)12(15)17-9-18-13/h9-10,19H,3-8H2,1-2H3,(H3,15,16,17,18). The number of hydrogen-bond acceptors (Lipinski definition) is 6. The van der Waals surface area contributed by atoms with E-state index in [1.165, 1.54) is 19.9 Å². The second kappa shape index (κ2) is 6.26. The van der Waals surface area contributed by atoms with E-state index in [9.17, 15) is 5.11 Å². The van der Waals surface area contributed by atoms with Gasteiger partial charge < -0.3 is 20.9 Å². The van der Waals surface area contributed by atoms with Crippen molar-refractivity contribution in [1.29, 1.82) is 0 Å². The molecule has 0 unspecified atom stereocenters. The highest BCUT2D eigenvalue weighted by Crippen LogP contribution is 2.34. The molecule has 6 nitrogen and oxygen atoms in total. The second-order valence-corrected chi connectivity index (χ2v) is 5.57. The topological polar surface area (TPSA) is 93.3 Å². The highest BCUT2D eigenvalue weighted by atomic mass is 16.5. The van der Waals surface area contributed by atoms with E-state index in [0.717, 1.165) is 31.6 Å². The monoisotopic (exact) mass is 280 g/mol. The van der Waals surface area contributed by atoms with Gasteiger partial charge in [0, 0.05) is 6.54 Å². The number of ether oxygens (including phenoxy) is 1. The third-order valence-corrected chi connectivity index (χ3v) is 4.23. The number of aliphatic hydroxyl groups is 1. The number of anilines is 2. The second-order valence-electron chi connectivity index (χ2n) is 5.57. The van der Waals surface area contributed by atoms with Crippen LogP contribution in [0.3, 0.4) is 0 Å². The first-order valence-electron chi connectivity index (χ1n) is 7.18. The molecule has 0 saturated heterocycles. The molecule has 2 rings (SSSR count). The summed E-state index contributed by atoms with van der Waals surface area (Å²) in [7, 11) is 1.53. The zero-order valence-electron chi connectivity index (χ0n) is 12.2. The molecule has 1 heterocycles. The highest BCUT2D eigenvalue weighted by molar-refractivity contribution is 5.61.